The van der Waals surface area contributed by atoms with Crippen LogP contribution in [0.5, 0.6) is 0 Å². The summed E-state index contributed by atoms with van der Waals surface area (Å²) >= 11 is 0. The summed E-state index contributed by atoms with van der Waals surface area (Å²) in [6.07, 6.45) is 4.78. The normalized spacial score (nSPS) is 28.9. The van der Waals surface area contributed by atoms with Gasteiger partial charge < -0.3 is 14.6 Å². The van der Waals surface area contributed by atoms with Gasteiger partial charge in [-0.1, -0.05) is 19.1 Å². The summed E-state index contributed by atoms with van der Waals surface area (Å²) in [5.74, 6) is 0.396. The van der Waals surface area contributed by atoms with Crippen molar-refractivity contribution in [3.63, 3.8) is 0 Å². The van der Waals surface area contributed by atoms with Gasteiger partial charge in [0.15, 0.2) is 6.29 Å². The lowest BCUT2D eigenvalue weighted by Crippen LogP contribution is -2.18. The van der Waals surface area contributed by atoms with Crippen molar-refractivity contribution in [2.75, 3.05) is 19.8 Å². The second-order valence-corrected chi connectivity index (χ2v) is 3.82. The Bertz CT molecular complexity index is 262. The highest BCUT2D eigenvalue weighted by atomic mass is 16.7. The van der Waals surface area contributed by atoms with Crippen LogP contribution < -0.4 is 0 Å². The fourth-order valence-electron chi connectivity index (χ4n) is 1.89. The molecule has 0 bridgehead atoms. The summed E-state index contributed by atoms with van der Waals surface area (Å²) in [4.78, 5) is 0. The maximum Gasteiger partial charge on any atom is 0.180 e. The zero-order valence-corrected chi connectivity index (χ0v) is 8.40. The number of aliphatic hydroxyl groups excluding tert-OH is 1. The van der Waals surface area contributed by atoms with Crippen LogP contribution in [0.3, 0.4) is 0 Å². The maximum absolute atomic E-state index is 9.05. The summed E-state index contributed by atoms with van der Waals surface area (Å²) in [7, 11) is 0. The minimum Gasteiger partial charge on any atom is -0.392 e. The molecule has 14 heavy (non-hydrogen) atoms. The molecule has 0 spiro atoms. The molecule has 1 aliphatic carbocycles. The molecule has 3 heteroatoms. The van der Waals surface area contributed by atoms with E-state index >= 15 is 0 Å². The van der Waals surface area contributed by atoms with Gasteiger partial charge in [-0.05, 0) is 23.5 Å². The average Bonchev–Trinajstić information content (AvgIpc) is 2.70. The predicted octanol–water partition coefficient (Wildman–Crippen LogP) is 1.24. The molecule has 1 unspecified atom stereocenters. The molecular weight excluding hydrogens is 180 g/mol. The molecule has 1 saturated heterocycles. The fourth-order valence-corrected chi connectivity index (χ4v) is 1.89. The summed E-state index contributed by atoms with van der Waals surface area (Å²) in [6, 6.07) is 0. The topological polar surface area (TPSA) is 38.7 Å². The number of hydrogen-bond donors (Lipinski definition) is 1. The molecule has 1 heterocycles. The molecule has 1 aliphatic heterocycles. The highest BCUT2D eigenvalue weighted by Gasteiger charge is 2.24. The Hall–Kier alpha value is -0.640. The van der Waals surface area contributed by atoms with Crippen LogP contribution in [0.25, 0.3) is 0 Å². The zero-order valence-electron chi connectivity index (χ0n) is 8.40. The molecule has 0 radical (unpaired) electrons. The van der Waals surface area contributed by atoms with Crippen LogP contribution in [0, 0.1) is 5.92 Å². The van der Waals surface area contributed by atoms with E-state index < -0.39 is 0 Å². The van der Waals surface area contributed by atoms with E-state index in [4.69, 9.17) is 14.6 Å². The van der Waals surface area contributed by atoms with Crippen LogP contribution in [-0.4, -0.2) is 31.2 Å². The minimum atomic E-state index is -0.144. The SMILES string of the molecule is CC1CC(C2OCCO2)=CC=C1CO. The average molecular weight is 196 g/mol. The van der Waals surface area contributed by atoms with E-state index in [0.717, 1.165) is 12.0 Å². The van der Waals surface area contributed by atoms with Crippen molar-refractivity contribution in [3.8, 4) is 0 Å². The third-order valence-electron chi connectivity index (χ3n) is 2.79. The molecule has 2 rings (SSSR count). The number of ether oxygens (including phenoxy) is 2. The van der Waals surface area contributed by atoms with Crippen molar-refractivity contribution in [2.45, 2.75) is 19.6 Å². The molecule has 78 valence electrons. The molecule has 0 aromatic carbocycles. The number of allylic oxidation sites excluding steroid dienone is 2. The summed E-state index contributed by atoms with van der Waals surface area (Å²) in [5.41, 5.74) is 2.28. The Balaban J connectivity index is 2.07. The monoisotopic (exact) mass is 196 g/mol. The van der Waals surface area contributed by atoms with Gasteiger partial charge in [0, 0.05) is 0 Å². The third-order valence-corrected chi connectivity index (χ3v) is 2.79. The van der Waals surface area contributed by atoms with E-state index in [1.807, 2.05) is 12.2 Å². The first kappa shape index (κ1) is 9.90. The Labute approximate surface area is 84.0 Å². The van der Waals surface area contributed by atoms with Gasteiger partial charge in [-0.2, -0.15) is 0 Å². The van der Waals surface area contributed by atoms with E-state index in [1.165, 1.54) is 5.57 Å². The van der Waals surface area contributed by atoms with E-state index in [-0.39, 0.29) is 12.9 Å². The van der Waals surface area contributed by atoms with Crippen LogP contribution in [0.1, 0.15) is 13.3 Å². The third kappa shape index (κ3) is 1.90. The van der Waals surface area contributed by atoms with Crippen LogP contribution >= 0.6 is 0 Å². The molecule has 1 atom stereocenters. The Morgan fingerprint density at radius 3 is 2.64 bits per heavy atom. The molecule has 1 fully saturated rings. The summed E-state index contributed by atoms with van der Waals surface area (Å²) in [6.45, 7) is 3.64. The number of rotatable bonds is 2. The van der Waals surface area contributed by atoms with Crippen molar-refractivity contribution in [2.24, 2.45) is 5.92 Å². The minimum absolute atomic E-state index is 0.144. The highest BCUT2D eigenvalue weighted by molar-refractivity contribution is 5.27. The second kappa shape index (κ2) is 4.26. The van der Waals surface area contributed by atoms with E-state index in [0.29, 0.717) is 19.1 Å². The van der Waals surface area contributed by atoms with Crippen molar-refractivity contribution < 1.29 is 14.6 Å². The quantitative estimate of drug-likeness (QED) is 0.722. The highest BCUT2D eigenvalue weighted by Crippen LogP contribution is 2.29. The Morgan fingerprint density at radius 2 is 2.07 bits per heavy atom. The van der Waals surface area contributed by atoms with Crippen LogP contribution in [-0.2, 0) is 9.47 Å². The lowest BCUT2D eigenvalue weighted by atomic mass is 9.88. The number of aliphatic hydroxyl groups is 1. The molecule has 3 nitrogen and oxygen atoms in total. The lowest BCUT2D eigenvalue weighted by Gasteiger charge is -2.23. The van der Waals surface area contributed by atoms with Gasteiger partial charge in [0.1, 0.15) is 0 Å². The Kier molecular flexibility index (Phi) is 3.01. The molecule has 0 aromatic rings. The molecule has 0 saturated carbocycles. The molecule has 0 amide bonds. The Morgan fingerprint density at radius 1 is 1.36 bits per heavy atom. The van der Waals surface area contributed by atoms with Gasteiger partial charge in [0.25, 0.3) is 0 Å². The molecule has 0 aromatic heterocycles. The molecular formula is C11H16O3. The molecule has 2 aliphatic rings. The van der Waals surface area contributed by atoms with Crippen molar-refractivity contribution in [1.29, 1.82) is 0 Å². The molecule has 1 N–H and O–H groups in total. The lowest BCUT2D eigenvalue weighted by molar-refractivity contribution is -0.0146. The maximum atomic E-state index is 9.05. The zero-order chi connectivity index (χ0) is 9.97. The van der Waals surface area contributed by atoms with Crippen LogP contribution in [0.2, 0.25) is 0 Å². The smallest absolute Gasteiger partial charge is 0.180 e. The summed E-state index contributed by atoms with van der Waals surface area (Å²) < 4.78 is 10.9. The first-order valence-corrected chi connectivity index (χ1v) is 5.05. The predicted molar refractivity (Wildman–Crippen MR) is 52.7 cm³/mol. The van der Waals surface area contributed by atoms with Crippen molar-refractivity contribution >= 4 is 0 Å². The first-order valence-electron chi connectivity index (χ1n) is 5.05. The standard InChI is InChI=1S/C11H16O3/c1-8-6-9(2-3-10(8)7-12)11-13-4-5-14-11/h2-3,8,11-12H,4-7H2,1H3. The first-order chi connectivity index (χ1) is 6.81. The number of hydrogen-bond acceptors (Lipinski definition) is 3. The van der Waals surface area contributed by atoms with E-state index in [2.05, 4.69) is 6.92 Å². The van der Waals surface area contributed by atoms with Gasteiger partial charge in [-0.25, -0.2) is 0 Å². The summed E-state index contributed by atoms with van der Waals surface area (Å²) in [5, 5.41) is 9.05. The van der Waals surface area contributed by atoms with Crippen molar-refractivity contribution in [1.82, 2.24) is 0 Å². The second-order valence-electron chi connectivity index (χ2n) is 3.82. The largest absolute Gasteiger partial charge is 0.392 e. The van der Waals surface area contributed by atoms with Gasteiger partial charge in [0.2, 0.25) is 0 Å². The van der Waals surface area contributed by atoms with E-state index in [9.17, 15) is 0 Å². The van der Waals surface area contributed by atoms with E-state index in [1.54, 1.807) is 0 Å². The fraction of sp³-hybridized carbons (Fsp3) is 0.636. The van der Waals surface area contributed by atoms with Crippen LogP contribution in [0.4, 0.5) is 0 Å². The van der Waals surface area contributed by atoms with Gasteiger partial charge >= 0.3 is 0 Å². The van der Waals surface area contributed by atoms with Gasteiger partial charge in [-0.3, -0.25) is 0 Å². The van der Waals surface area contributed by atoms with Crippen LogP contribution in [0.15, 0.2) is 23.3 Å². The van der Waals surface area contributed by atoms with Gasteiger partial charge in [-0.15, -0.1) is 0 Å². The van der Waals surface area contributed by atoms with Gasteiger partial charge in [0.05, 0.1) is 19.8 Å². The van der Waals surface area contributed by atoms with Crippen molar-refractivity contribution in [3.05, 3.63) is 23.3 Å².